The maximum absolute atomic E-state index is 5.42. The van der Waals surface area contributed by atoms with Gasteiger partial charge in [-0.05, 0) is 37.1 Å². The van der Waals surface area contributed by atoms with Crippen LogP contribution in [-0.2, 0) is 4.74 Å². The van der Waals surface area contributed by atoms with Gasteiger partial charge in [-0.2, -0.15) is 0 Å². The second-order valence-electron chi connectivity index (χ2n) is 5.88. The van der Waals surface area contributed by atoms with Gasteiger partial charge in [-0.25, -0.2) is 9.50 Å². The average molecular weight is 318 g/mol. The van der Waals surface area contributed by atoms with Gasteiger partial charge in [0, 0.05) is 30.4 Å². The van der Waals surface area contributed by atoms with E-state index in [2.05, 4.69) is 16.2 Å². The molecule has 24 heavy (non-hydrogen) atoms. The van der Waals surface area contributed by atoms with Crippen LogP contribution in [0.1, 0.15) is 18.4 Å². The first-order valence-electron chi connectivity index (χ1n) is 8.09. The van der Waals surface area contributed by atoms with Gasteiger partial charge in [0.1, 0.15) is 5.82 Å². The summed E-state index contributed by atoms with van der Waals surface area (Å²) in [6.07, 6.45) is 9.27. The van der Waals surface area contributed by atoms with Crippen LogP contribution >= 0.6 is 0 Å². The van der Waals surface area contributed by atoms with Crippen LogP contribution in [0.4, 0.5) is 5.82 Å². The third kappa shape index (κ3) is 2.84. The minimum absolute atomic E-state index is 0.408. The minimum Gasteiger partial charge on any atom is -0.381 e. The standard InChI is InChI=1S/C19H18N4O/c1-2-14-3-5-15(6-4-14)17-13-20-19-8-7-18(22-23(17)19)21-16-9-11-24-12-10-16/h1,3-8,13,16H,9-12H2,(H,21,22). The Morgan fingerprint density at radius 2 is 1.92 bits per heavy atom. The van der Waals surface area contributed by atoms with Crippen molar-refractivity contribution in [3.8, 4) is 23.6 Å². The van der Waals surface area contributed by atoms with Crippen molar-refractivity contribution in [1.82, 2.24) is 14.6 Å². The average Bonchev–Trinajstić information content (AvgIpc) is 3.06. The van der Waals surface area contributed by atoms with Crippen molar-refractivity contribution >= 4 is 11.5 Å². The van der Waals surface area contributed by atoms with Crippen LogP contribution in [0, 0.1) is 12.3 Å². The van der Waals surface area contributed by atoms with E-state index in [4.69, 9.17) is 16.3 Å². The highest BCUT2D eigenvalue weighted by Gasteiger charge is 2.15. The van der Waals surface area contributed by atoms with Crippen molar-refractivity contribution in [1.29, 1.82) is 0 Å². The number of nitrogens with one attached hydrogen (secondary N) is 1. The van der Waals surface area contributed by atoms with Crippen LogP contribution in [0.25, 0.3) is 16.9 Å². The van der Waals surface area contributed by atoms with E-state index in [9.17, 15) is 0 Å². The molecule has 0 bridgehead atoms. The molecular weight excluding hydrogens is 300 g/mol. The molecule has 0 unspecified atom stereocenters. The Bertz CT molecular complexity index is 886. The molecule has 0 aliphatic carbocycles. The van der Waals surface area contributed by atoms with Crippen LogP contribution in [0.15, 0.2) is 42.6 Å². The van der Waals surface area contributed by atoms with E-state index in [0.29, 0.717) is 6.04 Å². The van der Waals surface area contributed by atoms with E-state index < -0.39 is 0 Å². The Balaban J connectivity index is 1.66. The van der Waals surface area contributed by atoms with Crippen molar-refractivity contribution < 1.29 is 4.74 Å². The molecule has 4 rings (SSSR count). The Labute approximate surface area is 140 Å². The van der Waals surface area contributed by atoms with E-state index in [1.54, 1.807) is 0 Å². The van der Waals surface area contributed by atoms with Gasteiger partial charge in [-0.1, -0.05) is 18.1 Å². The zero-order valence-electron chi connectivity index (χ0n) is 13.3. The zero-order valence-corrected chi connectivity index (χ0v) is 13.3. The van der Waals surface area contributed by atoms with E-state index in [0.717, 1.165) is 54.3 Å². The number of rotatable bonds is 3. The molecule has 1 fully saturated rings. The smallest absolute Gasteiger partial charge is 0.154 e. The molecule has 0 spiro atoms. The normalized spacial score (nSPS) is 15.3. The van der Waals surface area contributed by atoms with Gasteiger partial charge < -0.3 is 10.1 Å². The maximum Gasteiger partial charge on any atom is 0.154 e. The molecule has 0 amide bonds. The Morgan fingerprint density at radius 3 is 2.67 bits per heavy atom. The molecule has 0 radical (unpaired) electrons. The number of ether oxygens (including phenoxy) is 1. The van der Waals surface area contributed by atoms with Crippen LogP contribution in [-0.4, -0.2) is 33.9 Å². The van der Waals surface area contributed by atoms with Gasteiger partial charge in [0.2, 0.25) is 0 Å². The van der Waals surface area contributed by atoms with E-state index in [1.807, 2.05) is 47.1 Å². The highest BCUT2D eigenvalue weighted by atomic mass is 16.5. The lowest BCUT2D eigenvalue weighted by atomic mass is 10.1. The third-order valence-electron chi connectivity index (χ3n) is 4.28. The summed E-state index contributed by atoms with van der Waals surface area (Å²) in [4.78, 5) is 4.44. The second kappa shape index (κ2) is 6.34. The summed E-state index contributed by atoms with van der Waals surface area (Å²) in [7, 11) is 0. The first-order valence-corrected chi connectivity index (χ1v) is 8.09. The van der Waals surface area contributed by atoms with Gasteiger partial charge in [0.15, 0.2) is 5.65 Å². The van der Waals surface area contributed by atoms with Crippen LogP contribution in [0.3, 0.4) is 0 Å². The van der Waals surface area contributed by atoms with E-state index >= 15 is 0 Å². The third-order valence-corrected chi connectivity index (χ3v) is 4.28. The highest BCUT2D eigenvalue weighted by molar-refractivity contribution is 5.64. The van der Waals surface area contributed by atoms with E-state index in [1.165, 1.54) is 0 Å². The number of terminal acetylenes is 1. The summed E-state index contributed by atoms with van der Waals surface area (Å²) >= 11 is 0. The first kappa shape index (κ1) is 14.7. The van der Waals surface area contributed by atoms with E-state index in [-0.39, 0.29) is 0 Å². The largest absolute Gasteiger partial charge is 0.381 e. The van der Waals surface area contributed by atoms with Gasteiger partial charge in [0.05, 0.1) is 11.9 Å². The van der Waals surface area contributed by atoms with Crippen LogP contribution < -0.4 is 5.32 Å². The first-order chi connectivity index (χ1) is 11.8. The van der Waals surface area contributed by atoms with Crippen molar-refractivity contribution in [3.63, 3.8) is 0 Å². The molecule has 0 saturated carbocycles. The van der Waals surface area contributed by atoms with Gasteiger partial charge in [-0.3, -0.25) is 0 Å². The number of anilines is 1. The van der Waals surface area contributed by atoms with Crippen molar-refractivity contribution in [2.75, 3.05) is 18.5 Å². The number of fused-ring (bicyclic) bond motifs is 1. The second-order valence-corrected chi connectivity index (χ2v) is 5.88. The summed E-state index contributed by atoms with van der Waals surface area (Å²) in [5.41, 5.74) is 3.67. The number of nitrogens with zero attached hydrogens (tertiary/aromatic N) is 3. The predicted molar refractivity (Wildman–Crippen MR) is 93.8 cm³/mol. The molecule has 1 N–H and O–H groups in total. The number of benzene rings is 1. The minimum atomic E-state index is 0.408. The lowest BCUT2D eigenvalue weighted by molar-refractivity contribution is 0.0903. The van der Waals surface area contributed by atoms with Crippen LogP contribution in [0.2, 0.25) is 0 Å². The fourth-order valence-corrected chi connectivity index (χ4v) is 2.94. The van der Waals surface area contributed by atoms with Crippen molar-refractivity contribution in [2.45, 2.75) is 18.9 Å². The summed E-state index contributed by atoms with van der Waals surface area (Å²) in [6.45, 7) is 1.61. The number of hydrogen-bond acceptors (Lipinski definition) is 4. The topological polar surface area (TPSA) is 51.5 Å². The fourth-order valence-electron chi connectivity index (χ4n) is 2.94. The summed E-state index contributed by atoms with van der Waals surface area (Å²) in [5.74, 6) is 3.49. The quantitative estimate of drug-likeness (QED) is 0.754. The monoisotopic (exact) mass is 318 g/mol. The molecule has 120 valence electrons. The molecule has 2 aromatic heterocycles. The highest BCUT2D eigenvalue weighted by Crippen LogP contribution is 2.22. The molecule has 1 aromatic carbocycles. The molecule has 5 nitrogen and oxygen atoms in total. The van der Waals surface area contributed by atoms with Gasteiger partial charge >= 0.3 is 0 Å². The number of aromatic nitrogens is 3. The fraction of sp³-hybridized carbons (Fsp3) is 0.263. The molecule has 1 aliphatic rings. The molecule has 3 aromatic rings. The number of hydrogen-bond donors (Lipinski definition) is 1. The van der Waals surface area contributed by atoms with Crippen LogP contribution in [0.5, 0.6) is 0 Å². The van der Waals surface area contributed by atoms with Gasteiger partial charge in [0.25, 0.3) is 0 Å². The SMILES string of the molecule is C#Cc1ccc(-c2cnc3ccc(NC4CCOCC4)nn23)cc1. The Kier molecular flexibility index (Phi) is 3.89. The molecule has 3 heterocycles. The lowest BCUT2D eigenvalue weighted by Crippen LogP contribution is -2.28. The predicted octanol–water partition coefficient (Wildman–Crippen LogP) is 2.97. The molecule has 1 saturated heterocycles. The molecular formula is C19H18N4O. The Hall–Kier alpha value is -2.84. The lowest BCUT2D eigenvalue weighted by Gasteiger charge is -2.23. The van der Waals surface area contributed by atoms with Crippen molar-refractivity contribution in [3.05, 3.63) is 48.2 Å². The summed E-state index contributed by atoms with van der Waals surface area (Å²) < 4.78 is 7.27. The molecule has 5 heteroatoms. The summed E-state index contributed by atoms with van der Waals surface area (Å²) in [6, 6.07) is 12.2. The Morgan fingerprint density at radius 1 is 1.12 bits per heavy atom. The molecule has 0 atom stereocenters. The van der Waals surface area contributed by atoms with Gasteiger partial charge in [-0.15, -0.1) is 11.5 Å². The molecule has 1 aliphatic heterocycles. The maximum atomic E-state index is 5.42. The zero-order chi connectivity index (χ0) is 16.4. The number of imidazole rings is 1. The summed E-state index contributed by atoms with van der Waals surface area (Å²) in [5, 5.41) is 8.20. The van der Waals surface area contributed by atoms with Crippen molar-refractivity contribution in [2.24, 2.45) is 0 Å².